The van der Waals surface area contributed by atoms with E-state index >= 15 is 0 Å². The summed E-state index contributed by atoms with van der Waals surface area (Å²) in [6, 6.07) is 7.23. The van der Waals surface area contributed by atoms with Gasteiger partial charge in [0, 0.05) is 22.5 Å². The molecule has 1 rings (SSSR count). The molecule has 0 heterocycles. The summed E-state index contributed by atoms with van der Waals surface area (Å²) in [5.41, 5.74) is 1.21. The van der Waals surface area contributed by atoms with Crippen molar-refractivity contribution in [2.45, 2.75) is 19.8 Å². The van der Waals surface area contributed by atoms with Crippen molar-refractivity contribution in [3.63, 3.8) is 0 Å². The summed E-state index contributed by atoms with van der Waals surface area (Å²) >= 11 is 10.5. The number of benzene rings is 1. The zero-order valence-electron chi connectivity index (χ0n) is 7.74. The fourth-order valence-electron chi connectivity index (χ4n) is 1.13. The van der Waals surface area contributed by atoms with Gasteiger partial charge < -0.3 is 4.52 Å². The molecular formula is C9H11Cl2O2P. The highest BCUT2D eigenvalue weighted by atomic mass is 35.9. The minimum atomic E-state index is -3.47. The highest BCUT2D eigenvalue weighted by Crippen LogP contribution is 2.57. The van der Waals surface area contributed by atoms with Gasteiger partial charge in [-0.3, -0.25) is 0 Å². The molecule has 0 bridgehead atoms. The van der Waals surface area contributed by atoms with Crippen molar-refractivity contribution in [2.24, 2.45) is 0 Å². The van der Waals surface area contributed by atoms with Crippen molar-refractivity contribution in [1.29, 1.82) is 0 Å². The maximum Gasteiger partial charge on any atom is 0.428 e. The van der Waals surface area contributed by atoms with Gasteiger partial charge in [-0.2, -0.15) is 0 Å². The lowest BCUT2D eigenvalue weighted by atomic mass is 10.1. The summed E-state index contributed by atoms with van der Waals surface area (Å²) in [6.45, 7) is 2.11. The summed E-state index contributed by atoms with van der Waals surface area (Å²) in [6.07, 6.45) is -1.37. The second-order valence-electron chi connectivity index (χ2n) is 2.90. The third-order valence-corrected chi connectivity index (χ3v) is 2.51. The average Bonchev–Trinajstić information content (AvgIpc) is 2.06. The van der Waals surface area contributed by atoms with E-state index in [-0.39, 0.29) is 0 Å². The van der Waals surface area contributed by atoms with Crippen LogP contribution in [0, 0.1) is 0 Å². The Hall–Kier alpha value is -0.170. The molecule has 0 atom stereocenters. The van der Waals surface area contributed by atoms with Crippen LogP contribution in [-0.4, -0.2) is 0 Å². The Morgan fingerprint density at radius 3 is 2.29 bits per heavy atom. The summed E-state index contributed by atoms with van der Waals surface area (Å²) in [7, 11) is 0. The van der Waals surface area contributed by atoms with Crippen LogP contribution in [0.1, 0.15) is 18.9 Å². The Morgan fingerprint density at radius 2 is 1.86 bits per heavy atom. The van der Waals surface area contributed by atoms with E-state index in [0.717, 1.165) is 12.8 Å². The van der Waals surface area contributed by atoms with Crippen LogP contribution in [0.15, 0.2) is 24.3 Å². The van der Waals surface area contributed by atoms with Gasteiger partial charge in [0.2, 0.25) is 0 Å². The summed E-state index contributed by atoms with van der Waals surface area (Å²) in [5, 5.41) is 0. The number of rotatable bonds is 4. The zero-order chi connectivity index (χ0) is 10.6. The van der Waals surface area contributed by atoms with Crippen LogP contribution in [-0.2, 0) is 11.0 Å². The van der Waals surface area contributed by atoms with Crippen molar-refractivity contribution in [3.8, 4) is 5.75 Å². The molecule has 0 aliphatic carbocycles. The molecule has 0 N–H and O–H groups in total. The predicted molar refractivity (Wildman–Crippen MR) is 60.4 cm³/mol. The Kier molecular flexibility index (Phi) is 4.31. The average molecular weight is 253 g/mol. The first-order valence-corrected chi connectivity index (χ1v) is 7.72. The topological polar surface area (TPSA) is 26.3 Å². The summed E-state index contributed by atoms with van der Waals surface area (Å²) in [4.78, 5) is 0. The normalized spacial score (nSPS) is 11.4. The molecule has 0 fully saturated rings. The van der Waals surface area contributed by atoms with Crippen molar-refractivity contribution in [1.82, 2.24) is 0 Å². The van der Waals surface area contributed by atoms with Gasteiger partial charge in [0.1, 0.15) is 5.75 Å². The van der Waals surface area contributed by atoms with E-state index in [1.165, 1.54) is 5.56 Å². The molecule has 0 unspecified atom stereocenters. The minimum absolute atomic E-state index is 0.429. The Labute approximate surface area is 93.2 Å². The largest absolute Gasteiger partial charge is 0.428 e. The van der Waals surface area contributed by atoms with Gasteiger partial charge in [-0.15, -0.1) is 0 Å². The van der Waals surface area contributed by atoms with Crippen LogP contribution < -0.4 is 4.52 Å². The van der Waals surface area contributed by atoms with Crippen molar-refractivity contribution >= 4 is 28.6 Å². The SMILES string of the molecule is CCCc1ccc(OP(=O)(Cl)Cl)cc1. The molecule has 0 radical (unpaired) electrons. The maximum absolute atomic E-state index is 10.9. The van der Waals surface area contributed by atoms with E-state index in [9.17, 15) is 4.57 Å². The smallest absolute Gasteiger partial charge is 0.422 e. The van der Waals surface area contributed by atoms with Gasteiger partial charge in [-0.05, 0) is 24.1 Å². The number of halogens is 2. The van der Waals surface area contributed by atoms with Gasteiger partial charge in [0.05, 0.1) is 0 Å². The third-order valence-electron chi connectivity index (χ3n) is 1.67. The molecule has 5 heteroatoms. The molecule has 0 aliphatic heterocycles. The van der Waals surface area contributed by atoms with Crippen LogP contribution in [0.2, 0.25) is 0 Å². The second-order valence-corrected chi connectivity index (χ2v) is 7.10. The number of hydrogen-bond acceptors (Lipinski definition) is 2. The van der Waals surface area contributed by atoms with Gasteiger partial charge in [-0.25, -0.2) is 4.57 Å². The molecule has 0 amide bonds. The van der Waals surface area contributed by atoms with Crippen molar-refractivity contribution in [3.05, 3.63) is 29.8 Å². The molecule has 0 aliphatic rings. The first-order chi connectivity index (χ1) is 6.51. The molecule has 14 heavy (non-hydrogen) atoms. The lowest BCUT2D eigenvalue weighted by Gasteiger charge is -2.06. The molecule has 0 saturated carbocycles. The van der Waals surface area contributed by atoms with E-state index < -0.39 is 6.07 Å². The molecule has 1 aromatic rings. The maximum atomic E-state index is 10.9. The van der Waals surface area contributed by atoms with E-state index in [0.29, 0.717) is 5.75 Å². The molecule has 0 saturated heterocycles. The van der Waals surface area contributed by atoms with Crippen LogP contribution in [0.25, 0.3) is 0 Å². The van der Waals surface area contributed by atoms with E-state index in [1.54, 1.807) is 12.1 Å². The number of aryl methyl sites for hydroxylation is 1. The molecule has 2 nitrogen and oxygen atoms in total. The molecule has 0 aromatic heterocycles. The van der Waals surface area contributed by atoms with Crippen LogP contribution in [0.5, 0.6) is 5.75 Å². The lowest BCUT2D eigenvalue weighted by molar-refractivity contribution is 0.513. The second kappa shape index (κ2) is 5.06. The Morgan fingerprint density at radius 1 is 1.29 bits per heavy atom. The van der Waals surface area contributed by atoms with Crippen LogP contribution in [0.4, 0.5) is 0 Å². The van der Waals surface area contributed by atoms with E-state index in [2.05, 4.69) is 6.92 Å². The van der Waals surface area contributed by atoms with Gasteiger partial charge in [0.25, 0.3) is 0 Å². The first-order valence-electron chi connectivity index (χ1n) is 4.29. The van der Waals surface area contributed by atoms with E-state index in [1.807, 2.05) is 12.1 Å². The molecular weight excluding hydrogens is 242 g/mol. The Bertz CT molecular complexity index is 331. The molecule has 1 aromatic carbocycles. The molecule has 0 spiro atoms. The zero-order valence-corrected chi connectivity index (χ0v) is 10.1. The highest BCUT2D eigenvalue weighted by Gasteiger charge is 2.15. The van der Waals surface area contributed by atoms with Crippen LogP contribution in [0.3, 0.4) is 0 Å². The standard InChI is InChI=1S/C9H11Cl2O2P/c1-2-3-8-4-6-9(7-5-8)13-14(10,11)12/h4-7H,2-3H2,1H3. The molecule has 78 valence electrons. The fraction of sp³-hybridized carbons (Fsp3) is 0.333. The Balaban J connectivity index is 2.69. The monoisotopic (exact) mass is 252 g/mol. The lowest BCUT2D eigenvalue weighted by Crippen LogP contribution is -1.84. The van der Waals surface area contributed by atoms with Crippen molar-refractivity contribution in [2.75, 3.05) is 0 Å². The first kappa shape index (κ1) is 11.9. The van der Waals surface area contributed by atoms with Crippen LogP contribution >= 0.6 is 28.6 Å². The highest BCUT2D eigenvalue weighted by molar-refractivity contribution is 8.05. The van der Waals surface area contributed by atoms with Crippen molar-refractivity contribution < 1.29 is 9.09 Å². The summed E-state index contributed by atoms with van der Waals surface area (Å²) < 4.78 is 15.7. The fourth-order valence-corrected chi connectivity index (χ4v) is 1.97. The van der Waals surface area contributed by atoms with Gasteiger partial charge in [-0.1, -0.05) is 25.5 Å². The quantitative estimate of drug-likeness (QED) is 0.732. The summed E-state index contributed by atoms with van der Waals surface area (Å²) in [5.74, 6) is 0.429. The van der Waals surface area contributed by atoms with Gasteiger partial charge in [0.15, 0.2) is 0 Å². The predicted octanol–water partition coefficient (Wildman–Crippen LogP) is 4.60. The number of hydrogen-bond donors (Lipinski definition) is 0. The van der Waals surface area contributed by atoms with Gasteiger partial charge >= 0.3 is 6.07 Å². The minimum Gasteiger partial charge on any atom is -0.422 e. The third kappa shape index (κ3) is 4.36. The van der Waals surface area contributed by atoms with E-state index in [4.69, 9.17) is 27.0 Å².